The van der Waals surface area contributed by atoms with Gasteiger partial charge in [-0.1, -0.05) is 0 Å². The van der Waals surface area contributed by atoms with Gasteiger partial charge in [0, 0.05) is 19.1 Å². The number of primary amides is 1. The standard InChI is InChI=1S/C15H19N5O2S/c16-14-13(15(17)22)18-9-20(14)11-1-4-19(5-2-11)12(21)7-10-3-6-23-8-10/h3,6,8-9,11H,1-2,4-5,7,16H2,(H2,17,22). The molecule has 0 unspecified atom stereocenters. The van der Waals surface area contributed by atoms with Gasteiger partial charge in [0.2, 0.25) is 5.91 Å². The van der Waals surface area contributed by atoms with Gasteiger partial charge in [-0.3, -0.25) is 9.59 Å². The van der Waals surface area contributed by atoms with E-state index in [0.29, 0.717) is 25.3 Å². The van der Waals surface area contributed by atoms with Crippen molar-refractivity contribution in [2.24, 2.45) is 5.73 Å². The maximum atomic E-state index is 12.3. The summed E-state index contributed by atoms with van der Waals surface area (Å²) in [6.45, 7) is 1.36. The molecule has 8 heteroatoms. The lowest BCUT2D eigenvalue weighted by Crippen LogP contribution is -2.39. The number of likely N-dealkylation sites (tertiary alicyclic amines) is 1. The molecule has 2 aromatic heterocycles. The van der Waals surface area contributed by atoms with Gasteiger partial charge < -0.3 is 20.9 Å². The monoisotopic (exact) mass is 333 g/mol. The number of nitrogens with two attached hydrogens (primary N) is 2. The Morgan fingerprint density at radius 2 is 2.09 bits per heavy atom. The molecule has 2 amide bonds. The van der Waals surface area contributed by atoms with Gasteiger partial charge in [-0.2, -0.15) is 11.3 Å². The van der Waals surface area contributed by atoms with E-state index in [9.17, 15) is 9.59 Å². The highest BCUT2D eigenvalue weighted by molar-refractivity contribution is 7.08. The number of amides is 2. The molecule has 1 fully saturated rings. The molecule has 0 radical (unpaired) electrons. The Morgan fingerprint density at radius 3 is 2.65 bits per heavy atom. The van der Waals surface area contributed by atoms with Gasteiger partial charge in [-0.15, -0.1) is 0 Å². The van der Waals surface area contributed by atoms with Gasteiger partial charge in [0.25, 0.3) is 5.91 Å². The molecule has 1 aliphatic rings. The van der Waals surface area contributed by atoms with Crippen LogP contribution in [0.2, 0.25) is 0 Å². The van der Waals surface area contributed by atoms with Crippen molar-refractivity contribution in [2.75, 3.05) is 18.8 Å². The lowest BCUT2D eigenvalue weighted by Gasteiger charge is -2.33. The van der Waals surface area contributed by atoms with Crippen LogP contribution in [-0.4, -0.2) is 39.4 Å². The van der Waals surface area contributed by atoms with E-state index in [1.54, 1.807) is 22.2 Å². The van der Waals surface area contributed by atoms with Gasteiger partial charge in [0.15, 0.2) is 5.69 Å². The third-order valence-electron chi connectivity index (χ3n) is 4.21. The summed E-state index contributed by atoms with van der Waals surface area (Å²) in [5.74, 6) is -0.163. The van der Waals surface area contributed by atoms with E-state index in [4.69, 9.17) is 11.5 Å². The zero-order valence-corrected chi connectivity index (χ0v) is 13.5. The third-order valence-corrected chi connectivity index (χ3v) is 4.94. The molecule has 0 bridgehead atoms. The van der Waals surface area contributed by atoms with E-state index in [1.807, 2.05) is 21.7 Å². The summed E-state index contributed by atoms with van der Waals surface area (Å²) in [6.07, 6.45) is 3.58. The van der Waals surface area contributed by atoms with E-state index in [1.165, 1.54) is 0 Å². The maximum absolute atomic E-state index is 12.3. The molecular weight excluding hydrogens is 314 g/mol. The number of imidazole rings is 1. The van der Waals surface area contributed by atoms with Gasteiger partial charge in [0.1, 0.15) is 5.82 Å². The minimum Gasteiger partial charge on any atom is -0.383 e. The van der Waals surface area contributed by atoms with Crippen LogP contribution >= 0.6 is 11.3 Å². The summed E-state index contributed by atoms with van der Waals surface area (Å²) in [7, 11) is 0. The van der Waals surface area contributed by atoms with Gasteiger partial charge in [0.05, 0.1) is 12.7 Å². The summed E-state index contributed by atoms with van der Waals surface area (Å²) in [4.78, 5) is 29.4. The van der Waals surface area contributed by atoms with Crippen molar-refractivity contribution >= 4 is 29.0 Å². The van der Waals surface area contributed by atoms with Crippen molar-refractivity contribution in [2.45, 2.75) is 25.3 Å². The lowest BCUT2D eigenvalue weighted by atomic mass is 10.0. The van der Waals surface area contributed by atoms with Crippen LogP contribution in [0.1, 0.15) is 34.9 Å². The number of nitrogen functional groups attached to an aromatic ring is 1. The molecule has 23 heavy (non-hydrogen) atoms. The molecule has 0 aromatic carbocycles. The topological polar surface area (TPSA) is 107 Å². The Balaban J connectivity index is 1.60. The molecule has 1 saturated heterocycles. The Morgan fingerprint density at radius 1 is 1.35 bits per heavy atom. The summed E-state index contributed by atoms with van der Waals surface area (Å²) >= 11 is 1.60. The molecule has 0 aliphatic carbocycles. The van der Waals surface area contributed by atoms with Crippen LogP contribution < -0.4 is 11.5 Å². The fraction of sp³-hybridized carbons (Fsp3) is 0.400. The van der Waals surface area contributed by atoms with Crippen LogP contribution in [0, 0.1) is 0 Å². The fourth-order valence-electron chi connectivity index (χ4n) is 2.92. The highest BCUT2D eigenvalue weighted by Crippen LogP contribution is 2.26. The van der Waals surface area contributed by atoms with E-state index in [2.05, 4.69) is 4.98 Å². The Labute approximate surface area is 137 Å². The zero-order chi connectivity index (χ0) is 16.4. The number of carbonyl (C=O) groups is 2. The highest BCUT2D eigenvalue weighted by Gasteiger charge is 2.26. The van der Waals surface area contributed by atoms with E-state index in [-0.39, 0.29) is 17.6 Å². The first-order chi connectivity index (χ1) is 11.1. The molecule has 2 aromatic rings. The summed E-state index contributed by atoms with van der Waals surface area (Å²) in [6, 6.07) is 2.12. The molecule has 7 nitrogen and oxygen atoms in total. The number of carbonyl (C=O) groups excluding carboxylic acids is 2. The second-order valence-electron chi connectivity index (χ2n) is 5.67. The molecule has 0 spiro atoms. The molecular formula is C15H19N5O2S. The summed E-state index contributed by atoms with van der Waals surface area (Å²) in [5.41, 5.74) is 12.4. The fourth-order valence-corrected chi connectivity index (χ4v) is 3.59. The van der Waals surface area contributed by atoms with Gasteiger partial charge in [-0.25, -0.2) is 4.98 Å². The van der Waals surface area contributed by atoms with Crippen molar-refractivity contribution in [3.63, 3.8) is 0 Å². The normalized spacial score (nSPS) is 15.7. The van der Waals surface area contributed by atoms with Crippen LogP contribution in [0.4, 0.5) is 5.82 Å². The first kappa shape index (κ1) is 15.5. The molecule has 4 N–H and O–H groups in total. The molecule has 3 heterocycles. The van der Waals surface area contributed by atoms with Crippen molar-refractivity contribution in [1.82, 2.24) is 14.5 Å². The van der Waals surface area contributed by atoms with E-state index >= 15 is 0 Å². The van der Waals surface area contributed by atoms with Crippen molar-refractivity contribution < 1.29 is 9.59 Å². The number of anilines is 1. The summed E-state index contributed by atoms with van der Waals surface area (Å²) < 4.78 is 1.79. The van der Waals surface area contributed by atoms with Crippen LogP contribution in [-0.2, 0) is 11.2 Å². The van der Waals surface area contributed by atoms with Crippen LogP contribution in [0.15, 0.2) is 23.2 Å². The quantitative estimate of drug-likeness (QED) is 0.871. The van der Waals surface area contributed by atoms with E-state index in [0.717, 1.165) is 18.4 Å². The molecule has 0 atom stereocenters. The van der Waals surface area contributed by atoms with Crippen LogP contribution in [0.25, 0.3) is 0 Å². The second-order valence-corrected chi connectivity index (χ2v) is 6.45. The van der Waals surface area contributed by atoms with E-state index < -0.39 is 5.91 Å². The first-order valence-electron chi connectivity index (χ1n) is 7.47. The smallest absolute Gasteiger partial charge is 0.271 e. The molecule has 122 valence electrons. The number of hydrogen-bond acceptors (Lipinski definition) is 5. The predicted octanol–water partition coefficient (Wildman–Crippen LogP) is 1.03. The number of rotatable bonds is 4. The third kappa shape index (κ3) is 3.21. The van der Waals surface area contributed by atoms with Gasteiger partial charge >= 0.3 is 0 Å². The number of aromatic nitrogens is 2. The first-order valence-corrected chi connectivity index (χ1v) is 8.41. The Kier molecular flexibility index (Phi) is 4.33. The summed E-state index contributed by atoms with van der Waals surface area (Å²) in [5, 5.41) is 3.98. The Hall–Kier alpha value is -2.35. The minimum atomic E-state index is -0.621. The number of hydrogen-bond donors (Lipinski definition) is 2. The highest BCUT2D eigenvalue weighted by atomic mass is 32.1. The van der Waals surface area contributed by atoms with Crippen molar-refractivity contribution in [3.05, 3.63) is 34.4 Å². The SMILES string of the molecule is NC(=O)c1ncn(C2CCN(C(=O)Cc3ccsc3)CC2)c1N. The largest absolute Gasteiger partial charge is 0.383 e. The van der Waals surface area contributed by atoms with Gasteiger partial charge in [-0.05, 0) is 35.2 Å². The zero-order valence-electron chi connectivity index (χ0n) is 12.6. The molecule has 0 saturated carbocycles. The average Bonchev–Trinajstić information content (AvgIpc) is 3.17. The number of piperidine rings is 1. The maximum Gasteiger partial charge on any atom is 0.271 e. The minimum absolute atomic E-state index is 0.112. The average molecular weight is 333 g/mol. The number of nitrogens with zero attached hydrogens (tertiary/aromatic N) is 3. The predicted molar refractivity (Wildman–Crippen MR) is 88.0 cm³/mol. The second kappa shape index (κ2) is 6.41. The molecule has 3 rings (SSSR count). The van der Waals surface area contributed by atoms with Crippen molar-refractivity contribution in [3.8, 4) is 0 Å². The van der Waals surface area contributed by atoms with Crippen LogP contribution in [0.5, 0.6) is 0 Å². The Bertz CT molecular complexity index is 702. The van der Waals surface area contributed by atoms with Crippen molar-refractivity contribution in [1.29, 1.82) is 0 Å². The number of thiophene rings is 1. The molecule has 1 aliphatic heterocycles. The van der Waals surface area contributed by atoms with Crippen LogP contribution in [0.3, 0.4) is 0 Å². The lowest BCUT2D eigenvalue weighted by molar-refractivity contribution is -0.131.